The summed E-state index contributed by atoms with van der Waals surface area (Å²) < 4.78 is 60.8. The Bertz CT molecular complexity index is 740. The number of methoxy groups -OCH3 is 1. The van der Waals surface area contributed by atoms with Crippen molar-refractivity contribution in [3.8, 4) is 11.5 Å². The monoisotopic (exact) mass is 378 g/mol. The lowest BCUT2D eigenvalue weighted by Crippen LogP contribution is -2.04. The van der Waals surface area contributed by atoms with E-state index in [1.807, 2.05) is 6.92 Å². The molecule has 0 bridgehead atoms. The van der Waals surface area contributed by atoms with Gasteiger partial charge in [0.2, 0.25) is 11.0 Å². The minimum atomic E-state index is -2.99. The maximum Gasteiger partial charge on any atom is 0.387 e. The second kappa shape index (κ2) is 8.70. The maximum atomic E-state index is 13.0. The van der Waals surface area contributed by atoms with Crippen molar-refractivity contribution >= 4 is 18.0 Å². The number of aromatic nitrogens is 3. The molecule has 1 aromatic heterocycles. The lowest BCUT2D eigenvalue weighted by molar-refractivity contribution is -0.0512. The van der Waals surface area contributed by atoms with E-state index in [1.165, 1.54) is 43.3 Å². The predicted molar refractivity (Wildman–Crippen MR) is 84.0 cm³/mol. The molecular formula is C14H14F4N4O2S. The minimum Gasteiger partial charge on any atom is -0.493 e. The Morgan fingerprint density at radius 3 is 2.60 bits per heavy atom. The molecule has 0 unspecified atom stereocenters. The van der Waals surface area contributed by atoms with Crippen LogP contribution >= 0.6 is 11.8 Å². The second-order valence-corrected chi connectivity index (χ2v) is 5.65. The van der Waals surface area contributed by atoms with Gasteiger partial charge in [-0.15, -0.1) is 10.2 Å². The fraction of sp³-hybridized carbons (Fsp3) is 0.357. The number of halogens is 4. The summed E-state index contributed by atoms with van der Waals surface area (Å²) in [5, 5.41) is 11.3. The first kappa shape index (κ1) is 19.0. The highest BCUT2D eigenvalue weighted by Gasteiger charge is 2.20. The average Bonchev–Trinajstić information content (AvgIpc) is 2.96. The van der Waals surface area contributed by atoms with Gasteiger partial charge in [0.1, 0.15) is 0 Å². The summed E-state index contributed by atoms with van der Waals surface area (Å²) >= 11 is 1.21. The molecule has 25 heavy (non-hydrogen) atoms. The van der Waals surface area contributed by atoms with Gasteiger partial charge in [0, 0.05) is 0 Å². The zero-order valence-corrected chi connectivity index (χ0v) is 14.0. The van der Waals surface area contributed by atoms with Gasteiger partial charge in [-0.25, -0.2) is 8.78 Å². The van der Waals surface area contributed by atoms with E-state index in [4.69, 9.17) is 4.74 Å². The summed E-state index contributed by atoms with van der Waals surface area (Å²) in [6.07, 6.45) is -1.57. The Morgan fingerprint density at radius 1 is 1.24 bits per heavy atom. The molecule has 0 saturated carbocycles. The summed E-state index contributed by atoms with van der Waals surface area (Å²) in [7, 11) is 1.29. The van der Waals surface area contributed by atoms with Gasteiger partial charge in [-0.05, 0) is 29.5 Å². The van der Waals surface area contributed by atoms with Crippen molar-refractivity contribution in [2.45, 2.75) is 25.1 Å². The molecule has 0 saturated heterocycles. The van der Waals surface area contributed by atoms with Gasteiger partial charge in [-0.3, -0.25) is 0 Å². The number of thioether (sulfide) groups is 1. The van der Waals surface area contributed by atoms with Crippen LogP contribution < -0.4 is 9.47 Å². The van der Waals surface area contributed by atoms with Crippen LogP contribution in [-0.2, 0) is 0 Å². The topological polar surface area (TPSA) is 61.5 Å². The molecule has 0 radical (unpaired) electrons. The fourth-order valence-electron chi connectivity index (χ4n) is 1.82. The van der Waals surface area contributed by atoms with Gasteiger partial charge in [-0.1, -0.05) is 18.7 Å². The first-order valence-corrected chi connectivity index (χ1v) is 7.98. The highest BCUT2D eigenvalue weighted by molar-refractivity contribution is 7.99. The number of hydrogen-bond acceptors (Lipinski definition) is 6. The number of ether oxygens (including phenoxy) is 2. The summed E-state index contributed by atoms with van der Waals surface area (Å²) in [5.74, 6) is -0.0683. The van der Waals surface area contributed by atoms with E-state index in [-0.39, 0.29) is 16.7 Å². The second-order valence-electron chi connectivity index (χ2n) is 4.42. The lowest BCUT2D eigenvalue weighted by Gasteiger charge is -2.10. The molecule has 1 heterocycles. The molecule has 0 spiro atoms. The molecule has 1 aromatic carbocycles. The average molecular weight is 378 g/mol. The summed E-state index contributed by atoms with van der Waals surface area (Å²) in [4.78, 5) is 0. The van der Waals surface area contributed by atoms with Crippen LogP contribution in [-0.4, -0.2) is 40.6 Å². The Hall–Kier alpha value is -2.30. The van der Waals surface area contributed by atoms with Crippen LogP contribution in [0.15, 0.2) is 28.5 Å². The first-order valence-electron chi connectivity index (χ1n) is 6.99. The van der Waals surface area contributed by atoms with Crippen LogP contribution in [0.3, 0.4) is 0 Å². The smallest absolute Gasteiger partial charge is 0.387 e. The Morgan fingerprint density at radius 2 is 2.00 bits per heavy atom. The third-order valence-electron chi connectivity index (χ3n) is 2.83. The highest BCUT2D eigenvalue weighted by Crippen LogP contribution is 2.29. The van der Waals surface area contributed by atoms with E-state index in [1.54, 1.807) is 0 Å². The van der Waals surface area contributed by atoms with E-state index in [9.17, 15) is 17.6 Å². The molecule has 0 aliphatic carbocycles. The number of alkyl halides is 4. The molecular weight excluding hydrogens is 364 g/mol. The summed E-state index contributed by atoms with van der Waals surface area (Å²) in [5.41, 5.74) is 0.430. The van der Waals surface area contributed by atoms with Crippen molar-refractivity contribution in [1.29, 1.82) is 0 Å². The van der Waals surface area contributed by atoms with Gasteiger partial charge in [-0.2, -0.15) is 18.6 Å². The van der Waals surface area contributed by atoms with Gasteiger partial charge < -0.3 is 9.47 Å². The van der Waals surface area contributed by atoms with Crippen molar-refractivity contribution in [3.63, 3.8) is 0 Å². The van der Waals surface area contributed by atoms with Crippen molar-refractivity contribution in [1.82, 2.24) is 14.9 Å². The largest absolute Gasteiger partial charge is 0.493 e. The van der Waals surface area contributed by atoms with E-state index in [2.05, 4.69) is 20.0 Å². The Balaban J connectivity index is 2.31. The fourth-order valence-corrected chi connectivity index (χ4v) is 2.44. The number of hydrogen-bond donors (Lipinski definition) is 0. The van der Waals surface area contributed by atoms with E-state index in [0.717, 1.165) is 4.68 Å². The molecule has 136 valence electrons. The van der Waals surface area contributed by atoms with Gasteiger partial charge >= 0.3 is 6.61 Å². The first-order chi connectivity index (χ1) is 12.0. The van der Waals surface area contributed by atoms with Crippen LogP contribution in [0.1, 0.15) is 24.7 Å². The van der Waals surface area contributed by atoms with Crippen LogP contribution in [0.5, 0.6) is 11.5 Å². The SMILES string of the molecule is CCSc1nnc(C(F)F)n1/N=C\c1ccc(OC(F)F)c(OC)c1. The number of rotatable bonds is 8. The standard InChI is InChI=1S/C14H14F4N4O2S/c1-3-25-14-21-20-12(11(15)16)22(14)19-7-8-4-5-9(24-13(17)18)10(6-8)23-2/h4-7,11,13H,3H2,1-2H3/b19-7-. The third-order valence-corrected chi connectivity index (χ3v) is 3.63. The summed E-state index contributed by atoms with van der Waals surface area (Å²) in [6, 6.07) is 4.09. The van der Waals surface area contributed by atoms with Crippen molar-refractivity contribution in [2.75, 3.05) is 12.9 Å². The minimum absolute atomic E-state index is 0.0604. The highest BCUT2D eigenvalue weighted by atomic mass is 32.2. The molecule has 0 atom stereocenters. The van der Waals surface area contributed by atoms with Gasteiger partial charge in [0.15, 0.2) is 11.5 Å². The molecule has 2 rings (SSSR count). The van der Waals surface area contributed by atoms with Gasteiger partial charge in [0.05, 0.1) is 13.3 Å². The van der Waals surface area contributed by atoms with Crippen LogP contribution in [0, 0.1) is 0 Å². The number of benzene rings is 1. The van der Waals surface area contributed by atoms with Crippen molar-refractivity contribution in [2.24, 2.45) is 5.10 Å². The molecule has 0 aliphatic heterocycles. The normalized spacial score (nSPS) is 11.7. The maximum absolute atomic E-state index is 13.0. The van der Waals surface area contributed by atoms with Crippen LogP contribution in [0.2, 0.25) is 0 Å². The Labute approximate surface area is 144 Å². The van der Waals surface area contributed by atoms with Crippen LogP contribution in [0.4, 0.5) is 17.6 Å². The predicted octanol–water partition coefficient (Wildman–Crippen LogP) is 3.82. The van der Waals surface area contributed by atoms with Crippen LogP contribution in [0.25, 0.3) is 0 Å². The van der Waals surface area contributed by atoms with Gasteiger partial charge in [0.25, 0.3) is 6.43 Å². The molecule has 0 amide bonds. The van der Waals surface area contributed by atoms with E-state index >= 15 is 0 Å². The molecule has 0 fully saturated rings. The zero-order valence-electron chi connectivity index (χ0n) is 13.2. The molecule has 0 N–H and O–H groups in total. The van der Waals surface area contributed by atoms with E-state index in [0.29, 0.717) is 11.3 Å². The van der Waals surface area contributed by atoms with E-state index < -0.39 is 18.9 Å². The Kier molecular flexibility index (Phi) is 6.62. The quantitative estimate of drug-likeness (QED) is 0.397. The third kappa shape index (κ3) is 4.84. The summed E-state index contributed by atoms with van der Waals surface area (Å²) in [6.45, 7) is -1.16. The lowest BCUT2D eigenvalue weighted by atomic mass is 10.2. The van der Waals surface area contributed by atoms with Crippen molar-refractivity contribution in [3.05, 3.63) is 29.6 Å². The molecule has 2 aromatic rings. The molecule has 0 aliphatic rings. The zero-order chi connectivity index (χ0) is 18.4. The molecule has 6 nitrogen and oxygen atoms in total. The van der Waals surface area contributed by atoms with Crippen molar-refractivity contribution < 1.29 is 27.0 Å². The molecule has 11 heteroatoms. The number of nitrogens with zero attached hydrogens (tertiary/aromatic N) is 4.